The van der Waals surface area contributed by atoms with Crippen molar-refractivity contribution in [1.82, 2.24) is 4.98 Å². The van der Waals surface area contributed by atoms with Gasteiger partial charge in [0.15, 0.2) is 11.7 Å². The van der Waals surface area contributed by atoms with E-state index in [4.69, 9.17) is 27.9 Å². The van der Waals surface area contributed by atoms with Crippen molar-refractivity contribution in [3.63, 3.8) is 0 Å². The number of amides is 1. The van der Waals surface area contributed by atoms with Gasteiger partial charge in [0.2, 0.25) is 0 Å². The van der Waals surface area contributed by atoms with Crippen LogP contribution in [0.3, 0.4) is 0 Å². The molecule has 0 aliphatic rings. The molecule has 4 nitrogen and oxygen atoms in total. The maximum atomic E-state index is 11.9. The van der Waals surface area contributed by atoms with Gasteiger partial charge >= 0.3 is 0 Å². The molecular formula is C15H10Cl2N2O2S. The van der Waals surface area contributed by atoms with Crippen molar-refractivity contribution in [1.29, 1.82) is 0 Å². The van der Waals surface area contributed by atoms with Crippen molar-refractivity contribution >= 4 is 55.8 Å². The number of anilines is 1. The zero-order valence-corrected chi connectivity index (χ0v) is 13.5. The molecule has 0 fully saturated rings. The number of carbonyl (C=O) groups excluding carboxylic acids is 1. The Morgan fingerprint density at radius 1 is 1.23 bits per heavy atom. The van der Waals surface area contributed by atoms with Crippen LogP contribution in [0.2, 0.25) is 10.0 Å². The number of para-hydroxylation sites is 1. The lowest BCUT2D eigenvalue weighted by atomic mass is 10.3. The lowest BCUT2D eigenvalue weighted by Gasteiger charge is -2.04. The van der Waals surface area contributed by atoms with Gasteiger partial charge in [0.1, 0.15) is 11.3 Å². The molecule has 7 heteroatoms. The number of fused-ring (bicyclic) bond motifs is 1. The number of nitrogens with zero attached hydrogens (tertiary/aromatic N) is 1. The summed E-state index contributed by atoms with van der Waals surface area (Å²) in [7, 11) is 0. The van der Waals surface area contributed by atoms with Gasteiger partial charge in [-0.2, -0.15) is 0 Å². The van der Waals surface area contributed by atoms with Crippen molar-refractivity contribution in [2.75, 3.05) is 11.9 Å². The second kappa shape index (κ2) is 6.52. The normalized spacial score (nSPS) is 10.6. The van der Waals surface area contributed by atoms with Crippen LogP contribution in [0.15, 0.2) is 42.5 Å². The van der Waals surface area contributed by atoms with Crippen LogP contribution in [0.25, 0.3) is 10.2 Å². The van der Waals surface area contributed by atoms with E-state index in [1.807, 2.05) is 18.2 Å². The molecule has 1 N–H and O–H groups in total. The standard InChI is InChI=1S/C15H10Cl2N2O2S/c16-9-6-11(17)14-12(7-9)22-15(19-14)18-13(20)8-21-10-4-2-1-3-5-10/h1-7H,8H2,(H,18,19,20). The summed E-state index contributed by atoms with van der Waals surface area (Å²) in [6.07, 6.45) is 0. The first-order valence-corrected chi connectivity index (χ1v) is 7.92. The van der Waals surface area contributed by atoms with Gasteiger partial charge in [-0.3, -0.25) is 10.1 Å². The smallest absolute Gasteiger partial charge is 0.264 e. The van der Waals surface area contributed by atoms with Crippen molar-refractivity contribution in [3.05, 3.63) is 52.5 Å². The molecule has 2 aromatic carbocycles. The first kappa shape index (κ1) is 15.1. The molecule has 3 aromatic rings. The zero-order chi connectivity index (χ0) is 15.5. The second-order valence-corrected chi connectivity index (χ2v) is 6.28. The molecule has 1 heterocycles. The third-order valence-electron chi connectivity index (χ3n) is 2.77. The Labute approximate surface area is 140 Å². The maximum Gasteiger partial charge on any atom is 0.264 e. The molecule has 1 aromatic heterocycles. The van der Waals surface area contributed by atoms with Gasteiger partial charge in [-0.1, -0.05) is 52.7 Å². The fraction of sp³-hybridized carbons (Fsp3) is 0.0667. The number of hydrogen-bond acceptors (Lipinski definition) is 4. The van der Waals surface area contributed by atoms with Gasteiger partial charge in [-0.25, -0.2) is 4.98 Å². The Morgan fingerprint density at radius 2 is 2.00 bits per heavy atom. The predicted octanol–water partition coefficient (Wildman–Crippen LogP) is 4.62. The molecule has 0 radical (unpaired) electrons. The molecule has 0 spiro atoms. The van der Waals surface area contributed by atoms with Crippen LogP contribution >= 0.6 is 34.5 Å². The van der Waals surface area contributed by atoms with Crippen LogP contribution < -0.4 is 10.1 Å². The molecule has 0 atom stereocenters. The van der Waals surface area contributed by atoms with Gasteiger partial charge in [0.05, 0.1) is 9.72 Å². The number of rotatable bonds is 4. The lowest BCUT2D eigenvalue weighted by molar-refractivity contribution is -0.118. The summed E-state index contributed by atoms with van der Waals surface area (Å²) in [4.78, 5) is 16.2. The van der Waals surface area contributed by atoms with E-state index in [9.17, 15) is 4.79 Å². The molecule has 0 unspecified atom stereocenters. The summed E-state index contributed by atoms with van der Waals surface area (Å²) in [5.74, 6) is 0.349. The van der Waals surface area contributed by atoms with Crippen LogP contribution in [0, 0.1) is 0 Å². The predicted molar refractivity (Wildman–Crippen MR) is 90.2 cm³/mol. The summed E-state index contributed by atoms with van der Waals surface area (Å²) >= 11 is 13.3. The minimum atomic E-state index is -0.287. The summed E-state index contributed by atoms with van der Waals surface area (Å²) in [6.45, 7) is -0.0889. The maximum absolute atomic E-state index is 11.9. The fourth-order valence-electron chi connectivity index (χ4n) is 1.83. The van der Waals surface area contributed by atoms with Gasteiger partial charge in [0.25, 0.3) is 5.91 Å². The second-order valence-electron chi connectivity index (χ2n) is 4.40. The zero-order valence-electron chi connectivity index (χ0n) is 11.2. The Bertz CT molecular complexity index is 821. The number of benzene rings is 2. The molecule has 3 rings (SSSR count). The molecule has 0 aliphatic carbocycles. The SMILES string of the molecule is O=C(COc1ccccc1)Nc1nc2c(Cl)cc(Cl)cc2s1. The first-order valence-electron chi connectivity index (χ1n) is 6.35. The number of carbonyl (C=O) groups is 1. The molecule has 0 saturated carbocycles. The number of thiazole rings is 1. The van der Waals surface area contributed by atoms with Gasteiger partial charge < -0.3 is 4.74 Å². The number of halogens is 2. The Hall–Kier alpha value is -1.82. The quantitative estimate of drug-likeness (QED) is 0.745. The number of nitrogens with one attached hydrogen (secondary N) is 1. The van der Waals surface area contributed by atoms with Gasteiger partial charge in [0, 0.05) is 5.02 Å². The fourth-order valence-corrected chi connectivity index (χ4v) is 3.44. The van der Waals surface area contributed by atoms with Crippen LogP contribution in [-0.2, 0) is 4.79 Å². The Balaban J connectivity index is 1.68. The van der Waals surface area contributed by atoms with Crippen LogP contribution in [0.1, 0.15) is 0 Å². The first-order chi connectivity index (χ1) is 10.6. The highest BCUT2D eigenvalue weighted by Crippen LogP contribution is 2.33. The van der Waals surface area contributed by atoms with Gasteiger partial charge in [-0.05, 0) is 24.3 Å². The monoisotopic (exact) mass is 352 g/mol. The van der Waals surface area contributed by atoms with Crippen molar-refractivity contribution < 1.29 is 9.53 Å². The largest absolute Gasteiger partial charge is 0.484 e. The van der Waals surface area contributed by atoms with E-state index in [2.05, 4.69) is 10.3 Å². The highest BCUT2D eigenvalue weighted by molar-refractivity contribution is 7.22. The number of hydrogen-bond donors (Lipinski definition) is 1. The summed E-state index contributed by atoms with van der Waals surface area (Å²) in [6, 6.07) is 12.5. The van der Waals surface area contributed by atoms with E-state index < -0.39 is 0 Å². The highest BCUT2D eigenvalue weighted by Gasteiger charge is 2.11. The van der Waals surface area contributed by atoms with E-state index >= 15 is 0 Å². The van der Waals surface area contributed by atoms with Crippen molar-refractivity contribution in [2.45, 2.75) is 0 Å². The molecule has 112 valence electrons. The van der Waals surface area contributed by atoms with E-state index in [0.717, 1.165) is 4.70 Å². The van der Waals surface area contributed by atoms with Crippen LogP contribution in [0.4, 0.5) is 5.13 Å². The Kier molecular flexibility index (Phi) is 4.47. The molecule has 1 amide bonds. The van der Waals surface area contributed by atoms with E-state index in [1.165, 1.54) is 11.3 Å². The van der Waals surface area contributed by atoms with E-state index in [0.29, 0.717) is 26.4 Å². The minimum Gasteiger partial charge on any atom is -0.484 e. The van der Waals surface area contributed by atoms with Crippen LogP contribution in [-0.4, -0.2) is 17.5 Å². The van der Waals surface area contributed by atoms with Gasteiger partial charge in [-0.15, -0.1) is 0 Å². The topological polar surface area (TPSA) is 51.2 Å². The molecule has 0 saturated heterocycles. The highest BCUT2D eigenvalue weighted by atomic mass is 35.5. The summed E-state index contributed by atoms with van der Waals surface area (Å²) < 4.78 is 6.19. The molecular weight excluding hydrogens is 343 g/mol. The Morgan fingerprint density at radius 3 is 2.77 bits per heavy atom. The molecule has 0 bridgehead atoms. The number of ether oxygens (including phenoxy) is 1. The van der Waals surface area contributed by atoms with Crippen molar-refractivity contribution in [2.24, 2.45) is 0 Å². The minimum absolute atomic E-state index is 0.0889. The average Bonchev–Trinajstić information content (AvgIpc) is 2.89. The summed E-state index contributed by atoms with van der Waals surface area (Å²) in [5, 5.41) is 4.14. The number of aromatic nitrogens is 1. The van der Waals surface area contributed by atoms with E-state index in [1.54, 1.807) is 24.3 Å². The average molecular weight is 353 g/mol. The van der Waals surface area contributed by atoms with Crippen molar-refractivity contribution in [3.8, 4) is 5.75 Å². The summed E-state index contributed by atoms with van der Waals surface area (Å²) in [5.41, 5.74) is 0.621. The lowest BCUT2D eigenvalue weighted by Crippen LogP contribution is -2.19. The third-order valence-corrected chi connectivity index (χ3v) is 4.20. The third kappa shape index (κ3) is 3.50. The molecule has 22 heavy (non-hydrogen) atoms. The molecule has 0 aliphatic heterocycles. The van der Waals surface area contributed by atoms with E-state index in [-0.39, 0.29) is 12.5 Å². The van der Waals surface area contributed by atoms with Crippen LogP contribution in [0.5, 0.6) is 5.75 Å².